The third-order valence-corrected chi connectivity index (χ3v) is 5.15. The molecule has 2 N–H and O–H groups in total. The zero-order valence-electron chi connectivity index (χ0n) is 10.6. The van der Waals surface area contributed by atoms with Crippen LogP contribution in [-0.4, -0.2) is 12.3 Å². The molecule has 4 heteroatoms. The summed E-state index contributed by atoms with van der Waals surface area (Å²) in [5, 5.41) is 0. The highest BCUT2D eigenvalue weighted by atomic mass is 35.5. The Labute approximate surface area is 118 Å². The van der Waals surface area contributed by atoms with Crippen LogP contribution >= 0.6 is 22.9 Å². The third-order valence-electron chi connectivity index (χ3n) is 3.92. The second-order valence-corrected chi connectivity index (χ2v) is 7.16. The van der Waals surface area contributed by atoms with Crippen LogP contribution in [0, 0.1) is 5.41 Å². The van der Waals surface area contributed by atoms with Gasteiger partial charge < -0.3 is 5.73 Å². The molecule has 100 valence electrons. The molecule has 2 nitrogen and oxygen atoms in total. The fraction of sp³-hybridized carbons (Fsp3) is 0.643. The highest BCUT2D eigenvalue weighted by molar-refractivity contribution is 7.16. The first-order valence-corrected chi connectivity index (χ1v) is 7.79. The summed E-state index contributed by atoms with van der Waals surface area (Å²) in [6, 6.07) is 3.80. The molecule has 1 aromatic heterocycles. The van der Waals surface area contributed by atoms with Gasteiger partial charge in [0.15, 0.2) is 0 Å². The van der Waals surface area contributed by atoms with E-state index >= 15 is 0 Å². The van der Waals surface area contributed by atoms with Crippen molar-refractivity contribution in [1.29, 1.82) is 0 Å². The Bertz CT molecular complexity index is 410. The van der Waals surface area contributed by atoms with Gasteiger partial charge in [-0.15, -0.1) is 11.3 Å². The van der Waals surface area contributed by atoms with Crippen LogP contribution < -0.4 is 5.73 Å². The lowest BCUT2D eigenvalue weighted by Gasteiger charge is -2.35. The average Bonchev–Trinajstić information content (AvgIpc) is 2.75. The maximum atomic E-state index is 12.2. The van der Waals surface area contributed by atoms with Crippen LogP contribution in [0.4, 0.5) is 0 Å². The van der Waals surface area contributed by atoms with E-state index in [9.17, 15) is 4.79 Å². The Morgan fingerprint density at radius 3 is 2.61 bits per heavy atom. The Kier molecular flexibility index (Phi) is 4.82. The number of carbonyl (C=O) groups excluding carboxylic acids is 1. The summed E-state index contributed by atoms with van der Waals surface area (Å²) in [5.41, 5.74) is 5.99. The van der Waals surface area contributed by atoms with Crippen molar-refractivity contribution in [3.8, 4) is 0 Å². The molecule has 1 aromatic rings. The predicted molar refractivity (Wildman–Crippen MR) is 77.2 cm³/mol. The molecule has 0 atom stereocenters. The van der Waals surface area contributed by atoms with Crippen molar-refractivity contribution < 1.29 is 4.79 Å². The number of Topliss-reactive ketones (excluding diaryl/α,β-unsaturated/α-hetero) is 1. The molecule has 0 spiro atoms. The van der Waals surface area contributed by atoms with Crippen molar-refractivity contribution in [3.63, 3.8) is 0 Å². The van der Waals surface area contributed by atoms with E-state index in [0.29, 0.717) is 25.2 Å². The molecule has 2 rings (SSSR count). The van der Waals surface area contributed by atoms with Gasteiger partial charge in [-0.2, -0.15) is 0 Å². The maximum Gasteiger partial charge on any atom is 0.138 e. The molecule has 1 fully saturated rings. The van der Waals surface area contributed by atoms with Gasteiger partial charge in [-0.25, -0.2) is 0 Å². The summed E-state index contributed by atoms with van der Waals surface area (Å²) < 4.78 is 0.754. The van der Waals surface area contributed by atoms with Crippen molar-refractivity contribution in [3.05, 3.63) is 21.3 Å². The molecule has 0 aliphatic heterocycles. The van der Waals surface area contributed by atoms with E-state index in [-0.39, 0.29) is 5.41 Å². The van der Waals surface area contributed by atoms with E-state index in [1.54, 1.807) is 0 Å². The normalized spacial score (nSPS) is 18.8. The Balaban J connectivity index is 1.93. The minimum absolute atomic E-state index is 0.0797. The second-order valence-electron chi connectivity index (χ2n) is 5.36. The molecule has 0 radical (unpaired) electrons. The lowest BCUT2D eigenvalue weighted by Crippen LogP contribution is -2.35. The summed E-state index contributed by atoms with van der Waals surface area (Å²) in [6.45, 7) is 0.643. The fourth-order valence-electron chi connectivity index (χ4n) is 2.88. The molecule has 1 aliphatic rings. The first-order chi connectivity index (χ1) is 8.63. The molecule has 1 saturated carbocycles. The van der Waals surface area contributed by atoms with Gasteiger partial charge in [0.05, 0.1) is 4.34 Å². The van der Waals surface area contributed by atoms with E-state index in [0.717, 1.165) is 22.1 Å². The van der Waals surface area contributed by atoms with Crippen molar-refractivity contribution >= 4 is 28.7 Å². The highest BCUT2D eigenvalue weighted by Crippen LogP contribution is 2.39. The molecule has 0 amide bonds. The lowest BCUT2D eigenvalue weighted by molar-refractivity contribution is -0.121. The number of carbonyl (C=O) groups is 1. The van der Waals surface area contributed by atoms with Crippen molar-refractivity contribution in [2.75, 3.05) is 6.54 Å². The van der Waals surface area contributed by atoms with Gasteiger partial charge >= 0.3 is 0 Å². The van der Waals surface area contributed by atoms with Crippen LogP contribution in [0.2, 0.25) is 4.34 Å². The minimum Gasteiger partial charge on any atom is -0.330 e. The standard InChI is InChI=1S/C14H20ClNOS/c15-13-5-4-12(18-13)8-11(17)9-14(10-16)6-2-1-3-7-14/h4-5H,1-3,6-10,16H2. The monoisotopic (exact) mass is 285 g/mol. The van der Waals surface area contributed by atoms with Gasteiger partial charge in [0, 0.05) is 17.7 Å². The van der Waals surface area contributed by atoms with Crippen molar-refractivity contribution in [2.24, 2.45) is 11.1 Å². The Morgan fingerprint density at radius 1 is 1.33 bits per heavy atom. The van der Waals surface area contributed by atoms with E-state index < -0.39 is 0 Å². The summed E-state index contributed by atoms with van der Waals surface area (Å²) in [7, 11) is 0. The molecule has 0 aromatic carbocycles. The topological polar surface area (TPSA) is 43.1 Å². The first-order valence-electron chi connectivity index (χ1n) is 6.60. The van der Waals surface area contributed by atoms with Crippen molar-refractivity contribution in [1.82, 2.24) is 0 Å². The molecule has 1 heterocycles. The van der Waals surface area contributed by atoms with E-state index in [1.807, 2.05) is 12.1 Å². The molecule has 0 bridgehead atoms. The second kappa shape index (κ2) is 6.18. The minimum atomic E-state index is 0.0797. The zero-order chi connectivity index (χ0) is 13.0. The lowest BCUT2D eigenvalue weighted by atomic mass is 9.71. The molecule has 1 aliphatic carbocycles. The number of hydrogen-bond acceptors (Lipinski definition) is 3. The van der Waals surface area contributed by atoms with Crippen LogP contribution in [0.15, 0.2) is 12.1 Å². The van der Waals surface area contributed by atoms with Gasteiger partial charge in [-0.05, 0) is 36.9 Å². The Hall–Kier alpha value is -0.380. The van der Waals surface area contributed by atoms with Crippen LogP contribution in [0.3, 0.4) is 0 Å². The van der Waals surface area contributed by atoms with Crippen molar-refractivity contribution in [2.45, 2.75) is 44.9 Å². The number of nitrogens with two attached hydrogens (primary N) is 1. The maximum absolute atomic E-state index is 12.2. The van der Waals surface area contributed by atoms with Crippen LogP contribution in [0.1, 0.15) is 43.4 Å². The van der Waals surface area contributed by atoms with E-state index in [2.05, 4.69) is 0 Å². The largest absolute Gasteiger partial charge is 0.330 e. The van der Waals surface area contributed by atoms with Gasteiger partial charge in [0.25, 0.3) is 0 Å². The first kappa shape index (κ1) is 14.0. The van der Waals surface area contributed by atoms with Crippen LogP contribution in [-0.2, 0) is 11.2 Å². The van der Waals surface area contributed by atoms with Gasteiger partial charge in [0.2, 0.25) is 0 Å². The fourth-order valence-corrected chi connectivity index (χ4v) is 3.99. The summed E-state index contributed by atoms with van der Waals surface area (Å²) in [5.74, 6) is 0.306. The van der Waals surface area contributed by atoms with Gasteiger partial charge in [-0.1, -0.05) is 30.9 Å². The Morgan fingerprint density at radius 2 is 2.06 bits per heavy atom. The quantitative estimate of drug-likeness (QED) is 0.894. The molecular formula is C14H20ClNOS. The highest BCUT2D eigenvalue weighted by Gasteiger charge is 2.32. The number of halogens is 1. The van der Waals surface area contributed by atoms with Crippen LogP contribution in [0.25, 0.3) is 0 Å². The summed E-state index contributed by atoms with van der Waals surface area (Å²) in [4.78, 5) is 13.2. The predicted octanol–water partition coefficient (Wildman–Crippen LogP) is 3.81. The smallest absolute Gasteiger partial charge is 0.138 e. The number of thiophene rings is 1. The third kappa shape index (κ3) is 3.56. The summed E-state index contributed by atoms with van der Waals surface area (Å²) in [6.07, 6.45) is 7.10. The average molecular weight is 286 g/mol. The zero-order valence-corrected chi connectivity index (χ0v) is 12.2. The van der Waals surface area contributed by atoms with Gasteiger partial charge in [0.1, 0.15) is 5.78 Å². The molecule has 0 saturated heterocycles. The number of ketones is 1. The number of hydrogen-bond donors (Lipinski definition) is 1. The molecule has 18 heavy (non-hydrogen) atoms. The van der Waals surface area contributed by atoms with E-state index in [4.69, 9.17) is 17.3 Å². The number of rotatable bonds is 5. The van der Waals surface area contributed by atoms with Crippen LogP contribution in [0.5, 0.6) is 0 Å². The van der Waals surface area contributed by atoms with E-state index in [1.165, 1.54) is 30.6 Å². The molecular weight excluding hydrogens is 266 g/mol. The molecule has 0 unspecified atom stereocenters. The summed E-state index contributed by atoms with van der Waals surface area (Å²) >= 11 is 7.38. The van der Waals surface area contributed by atoms with Gasteiger partial charge in [-0.3, -0.25) is 4.79 Å². The SMILES string of the molecule is NCC1(CC(=O)Cc2ccc(Cl)s2)CCCCC1.